The van der Waals surface area contributed by atoms with Crippen LogP contribution in [-0.2, 0) is 33.3 Å². The van der Waals surface area contributed by atoms with Gasteiger partial charge in [0.25, 0.3) is 0 Å². The van der Waals surface area contributed by atoms with E-state index >= 15 is 0 Å². The molecule has 7 N–H and O–H groups in total. The van der Waals surface area contributed by atoms with E-state index < -0.39 is 17.4 Å². The number of carbonyl (C=O) groups is 4. The SMILES string of the molecule is COCC1CC(N)C(O)C(COC)O1.O=C1CC(=O)C(CSC(=O)O)N1.O=C1CCN(C2CCC(CO)O2)CN1. The minimum atomic E-state index is -1.04. The van der Waals surface area contributed by atoms with E-state index in [-0.39, 0.29) is 67.0 Å². The third-order valence-corrected chi connectivity index (χ3v) is 7.39. The number of amides is 2. The van der Waals surface area contributed by atoms with E-state index in [2.05, 4.69) is 15.5 Å². The quantitative estimate of drug-likeness (QED) is 0.172. The summed E-state index contributed by atoms with van der Waals surface area (Å²) in [4.78, 5) is 44.6. The fourth-order valence-corrected chi connectivity index (χ4v) is 5.11. The Hall–Kier alpha value is -1.89. The summed E-state index contributed by atoms with van der Waals surface area (Å²) in [5, 5.41) is 31.0. The van der Waals surface area contributed by atoms with Gasteiger partial charge in [-0.1, -0.05) is 0 Å². The Kier molecular flexibility index (Phi) is 15.3. The van der Waals surface area contributed by atoms with Crippen molar-refractivity contribution in [2.24, 2.45) is 5.73 Å². The lowest BCUT2D eigenvalue weighted by Crippen LogP contribution is -2.54. The zero-order valence-electron chi connectivity index (χ0n) is 22.9. The molecule has 0 aromatic heterocycles. The van der Waals surface area contributed by atoms with E-state index in [1.807, 2.05) is 0 Å². The van der Waals surface area contributed by atoms with E-state index in [9.17, 15) is 24.3 Å². The van der Waals surface area contributed by atoms with Crippen LogP contribution in [0, 0.1) is 0 Å². The summed E-state index contributed by atoms with van der Waals surface area (Å²) in [5.74, 6) is -0.331. The summed E-state index contributed by atoms with van der Waals surface area (Å²) in [6.07, 6.45) is 1.92. The van der Waals surface area contributed by atoms with Gasteiger partial charge < -0.3 is 50.6 Å². The monoisotopic (exact) mass is 594 g/mol. The zero-order chi connectivity index (χ0) is 29.7. The number of carbonyl (C=O) groups excluding carboxylic acids is 3. The van der Waals surface area contributed by atoms with Crippen molar-refractivity contribution < 1.29 is 53.4 Å². The number of hydrogen-bond acceptors (Lipinski definition) is 13. The molecular formula is C24H42N4O11S. The molecule has 4 aliphatic rings. The minimum absolute atomic E-state index is 0.0161. The van der Waals surface area contributed by atoms with Crippen molar-refractivity contribution in [2.45, 2.75) is 74.8 Å². The second kappa shape index (κ2) is 17.8. The maximum Gasteiger partial charge on any atom is 0.364 e. The molecule has 2 amide bonds. The number of nitrogens with zero attached hydrogens (tertiary/aromatic N) is 1. The normalized spacial score (nSPS) is 32.3. The van der Waals surface area contributed by atoms with Gasteiger partial charge in [0.2, 0.25) is 11.8 Å². The molecule has 4 fully saturated rings. The molecule has 230 valence electrons. The van der Waals surface area contributed by atoms with Crippen LogP contribution in [0.1, 0.15) is 32.1 Å². The van der Waals surface area contributed by atoms with Crippen LogP contribution in [-0.4, -0.2) is 139 Å². The smallest absolute Gasteiger partial charge is 0.364 e. The predicted molar refractivity (Wildman–Crippen MR) is 142 cm³/mol. The molecule has 0 aromatic rings. The highest BCUT2D eigenvalue weighted by molar-refractivity contribution is 8.13. The Bertz CT molecular complexity index is 829. The lowest BCUT2D eigenvalue weighted by Gasteiger charge is -2.37. The number of Topliss-reactive ketones (excluding diaryl/α,β-unsaturated/α-hetero) is 1. The molecule has 0 bridgehead atoms. The Balaban J connectivity index is 0.000000211. The Labute approximate surface area is 237 Å². The van der Waals surface area contributed by atoms with Gasteiger partial charge in [-0.25, -0.2) is 4.79 Å². The van der Waals surface area contributed by atoms with Crippen LogP contribution in [0.3, 0.4) is 0 Å². The molecule has 0 saturated carbocycles. The van der Waals surface area contributed by atoms with Gasteiger partial charge >= 0.3 is 5.30 Å². The van der Waals surface area contributed by atoms with E-state index in [1.54, 1.807) is 14.2 Å². The highest BCUT2D eigenvalue weighted by atomic mass is 32.2. The maximum absolute atomic E-state index is 10.9. The van der Waals surface area contributed by atoms with Gasteiger partial charge in [0, 0.05) is 39.0 Å². The van der Waals surface area contributed by atoms with Crippen LogP contribution < -0.4 is 16.4 Å². The van der Waals surface area contributed by atoms with Gasteiger partial charge in [0.1, 0.15) is 12.3 Å². The van der Waals surface area contributed by atoms with Crippen molar-refractivity contribution in [1.82, 2.24) is 15.5 Å². The lowest BCUT2D eigenvalue weighted by molar-refractivity contribution is -0.158. The van der Waals surface area contributed by atoms with Crippen molar-refractivity contribution >= 4 is 34.7 Å². The average Bonchev–Trinajstić information content (AvgIpc) is 3.53. The molecule has 0 aromatic carbocycles. The molecule has 16 heteroatoms. The maximum atomic E-state index is 10.9. The number of hydrogen-bond donors (Lipinski definition) is 6. The number of ketones is 1. The standard InChI is InChI=1S/C9H16N2O3.C9H19NO4.C6H7NO4S/c12-5-7-1-2-9(14-7)11-4-3-8(13)10-6-11;1-12-4-6-3-7(10)9(11)8(14-6)5-13-2;8-4-1-5(9)7-3(4)2-12-6(10)11/h7,9,12H,1-6H2,(H,10,13);6-9,11H,3-5,10H2,1-2H3;3H,1-2H2,(H,7,9)(H,10,11). The zero-order valence-corrected chi connectivity index (χ0v) is 23.7. The Morgan fingerprint density at radius 2 is 1.85 bits per heavy atom. The van der Waals surface area contributed by atoms with Crippen molar-refractivity contribution in [2.75, 3.05) is 53.0 Å². The molecule has 0 spiro atoms. The number of nitrogens with one attached hydrogen (secondary N) is 2. The lowest BCUT2D eigenvalue weighted by atomic mass is 9.97. The number of rotatable bonds is 8. The number of thioether (sulfide) groups is 1. The first kappa shape index (κ1) is 34.3. The molecule has 0 aliphatic carbocycles. The van der Waals surface area contributed by atoms with Crippen LogP contribution in [0.2, 0.25) is 0 Å². The summed E-state index contributed by atoms with van der Waals surface area (Å²) in [6.45, 7) is 2.28. The second-order valence-electron chi connectivity index (χ2n) is 9.73. The first-order valence-electron chi connectivity index (χ1n) is 13.1. The van der Waals surface area contributed by atoms with E-state index in [0.717, 1.165) is 19.4 Å². The van der Waals surface area contributed by atoms with Crippen LogP contribution in [0.5, 0.6) is 0 Å². The molecule has 7 unspecified atom stereocenters. The number of nitrogens with two attached hydrogens (primary N) is 1. The molecule has 0 radical (unpaired) electrons. The van der Waals surface area contributed by atoms with Gasteiger partial charge in [-0.2, -0.15) is 0 Å². The Morgan fingerprint density at radius 1 is 1.12 bits per heavy atom. The van der Waals surface area contributed by atoms with Crippen molar-refractivity contribution in [1.29, 1.82) is 0 Å². The fraction of sp³-hybridized carbons (Fsp3) is 0.833. The third-order valence-electron chi connectivity index (χ3n) is 6.64. The van der Waals surface area contributed by atoms with Crippen LogP contribution in [0.15, 0.2) is 0 Å². The third kappa shape index (κ3) is 11.5. The van der Waals surface area contributed by atoms with Gasteiger partial charge in [-0.15, -0.1) is 0 Å². The van der Waals surface area contributed by atoms with E-state index in [1.165, 1.54) is 0 Å². The summed E-state index contributed by atoms with van der Waals surface area (Å²) < 4.78 is 21.1. The second-order valence-corrected chi connectivity index (χ2v) is 10.7. The highest BCUT2D eigenvalue weighted by Gasteiger charge is 2.35. The molecule has 4 saturated heterocycles. The number of aliphatic hydroxyl groups is 2. The summed E-state index contributed by atoms with van der Waals surface area (Å²) in [5.41, 5.74) is 5.78. The molecule has 4 aliphatic heterocycles. The summed E-state index contributed by atoms with van der Waals surface area (Å²) in [7, 11) is 3.19. The van der Waals surface area contributed by atoms with Crippen LogP contribution in [0.4, 0.5) is 4.79 Å². The number of carboxylic acid groups (broad SMARTS) is 1. The Morgan fingerprint density at radius 3 is 2.38 bits per heavy atom. The van der Waals surface area contributed by atoms with Crippen LogP contribution in [0.25, 0.3) is 0 Å². The van der Waals surface area contributed by atoms with Crippen molar-refractivity contribution in [3.8, 4) is 0 Å². The molecule has 7 atom stereocenters. The fourth-order valence-electron chi connectivity index (χ4n) is 4.53. The average molecular weight is 595 g/mol. The summed E-state index contributed by atoms with van der Waals surface area (Å²) >= 11 is 0.615. The van der Waals surface area contributed by atoms with Gasteiger partial charge in [-0.05, 0) is 31.0 Å². The van der Waals surface area contributed by atoms with Gasteiger partial charge in [-0.3, -0.25) is 19.3 Å². The molecule has 4 heterocycles. The first-order chi connectivity index (χ1) is 19.1. The minimum Gasteiger partial charge on any atom is -0.473 e. The topological polar surface area (TPSA) is 219 Å². The number of ether oxygens (including phenoxy) is 4. The molecular weight excluding hydrogens is 552 g/mol. The highest BCUT2D eigenvalue weighted by Crippen LogP contribution is 2.23. The van der Waals surface area contributed by atoms with Gasteiger partial charge in [0.15, 0.2) is 5.78 Å². The first-order valence-corrected chi connectivity index (χ1v) is 14.1. The van der Waals surface area contributed by atoms with Gasteiger partial charge in [0.05, 0.1) is 57.3 Å². The van der Waals surface area contributed by atoms with E-state index in [4.69, 9.17) is 34.9 Å². The van der Waals surface area contributed by atoms with Crippen molar-refractivity contribution in [3.05, 3.63) is 0 Å². The largest absolute Gasteiger partial charge is 0.473 e. The molecule has 40 heavy (non-hydrogen) atoms. The van der Waals surface area contributed by atoms with Crippen molar-refractivity contribution in [3.63, 3.8) is 0 Å². The number of methoxy groups -OCH3 is 2. The summed E-state index contributed by atoms with van der Waals surface area (Å²) in [6, 6.07) is -0.873. The predicted octanol–water partition coefficient (Wildman–Crippen LogP) is -1.76. The van der Waals surface area contributed by atoms with Crippen LogP contribution >= 0.6 is 11.8 Å². The number of aliphatic hydroxyl groups excluding tert-OH is 2. The molecule has 15 nitrogen and oxygen atoms in total. The van der Waals surface area contributed by atoms with E-state index in [0.29, 0.717) is 44.5 Å². The molecule has 4 rings (SSSR count).